The molecule has 7 heteroatoms. The molecule has 2 aromatic heterocycles. The van der Waals surface area contributed by atoms with Crippen molar-refractivity contribution < 1.29 is 9.53 Å². The minimum Gasteiger partial charge on any atom is -0.465 e. The maximum atomic E-state index is 13.7. The first-order chi connectivity index (χ1) is 15.0. The summed E-state index contributed by atoms with van der Waals surface area (Å²) in [7, 11) is 1.37. The zero-order valence-corrected chi connectivity index (χ0v) is 19.3. The van der Waals surface area contributed by atoms with Crippen LogP contribution in [0.3, 0.4) is 0 Å². The number of fused-ring (bicyclic) bond motifs is 3. The molecule has 0 bridgehead atoms. The van der Waals surface area contributed by atoms with E-state index >= 15 is 0 Å². The molecule has 1 aromatic carbocycles. The van der Waals surface area contributed by atoms with Crippen molar-refractivity contribution in [2.75, 3.05) is 20.2 Å². The van der Waals surface area contributed by atoms with Crippen LogP contribution in [-0.4, -0.2) is 40.6 Å². The first-order valence-electron chi connectivity index (χ1n) is 11.0. The fourth-order valence-electron chi connectivity index (χ4n) is 4.31. The highest BCUT2D eigenvalue weighted by Gasteiger charge is 2.23. The van der Waals surface area contributed by atoms with Crippen molar-refractivity contribution in [1.29, 1.82) is 0 Å². The van der Waals surface area contributed by atoms with E-state index in [1.165, 1.54) is 24.0 Å². The maximum absolute atomic E-state index is 13.7. The van der Waals surface area contributed by atoms with E-state index in [9.17, 15) is 9.59 Å². The molecule has 0 N–H and O–H groups in total. The third-order valence-electron chi connectivity index (χ3n) is 6.10. The van der Waals surface area contributed by atoms with E-state index in [-0.39, 0.29) is 11.5 Å². The van der Waals surface area contributed by atoms with Gasteiger partial charge in [-0.15, -0.1) is 11.3 Å². The van der Waals surface area contributed by atoms with Crippen LogP contribution in [-0.2, 0) is 30.7 Å². The normalized spacial score (nSPS) is 13.5. The Morgan fingerprint density at radius 2 is 2.00 bits per heavy atom. The van der Waals surface area contributed by atoms with Gasteiger partial charge in [0.05, 0.1) is 31.1 Å². The molecule has 164 valence electrons. The number of aryl methyl sites for hydroxylation is 2. The van der Waals surface area contributed by atoms with Crippen LogP contribution in [0.1, 0.15) is 58.9 Å². The highest BCUT2D eigenvalue weighted by atomic mass is 32.1. The molecule has 2 heterocycles. The standard InChI is InChI=1S/C24H29N3O3S/c1-4-26(5-2)15-20-25-22-21(18-11-6-7-12-19(18)31-22)23(28)27(20)14-16-9-8-10-17(13-16)24(29)30-3/h8-10,13H,4-7,11-12,14-15H2,1-3H3. The second kappa shape index (κ2) is 9.32. The molecule has 0 radical (unpaired) electrons. The Labute approximate surface area is 186 Å². The van der Waals surface area contributed by atoms with Gasteiger partial charge in [-0.1, -0.05) is 26.0 Å². The van der Waals surface area contributed by atoms with Gasteiger partial charge in [0.2, 0.25) is 0 Å². The van der Waals surface area contributed by atoms with Crippen molar-refractivity contribution in [3.05, 3.63) is 62.0 Å². The third kappa shape index (κ3) is 4.29. The number of hydrogen-bond acceptors (Lipinski definition) is 6. The van der Waals surface area contributed by atoms with Crippen LogP contribution in [0.15, 0.2) is 29.1 Å². The van der Waals surface area contributed by atoms with Gasteiger partial charge in [0, 0.05) is 4.88 Å². The largest absolute Gasteiger partial charge is 0.465 e. The Kier molecular flexibility index (Phi) is 6.53. The molecule has 0 saturated carbocycles. The SMILES string of the molecule is CCN(CC)Cc1nc2sc3c(c2c(=O)n1Cc1cccc(C(=O)OC)c1)CCCC3. The van der Waals surface area contributed by atoms with Gasteiger partial charge in [-0.3, -0.25) is 14.3 Å². The van der Waals surface area contributed by atoms with Crippen LogP contribution in [0.5, 0.6) is 0 Å². The number of methoxy groups -OCH3 is 1. The summed E-state index contributed by atoms with van der Waals surface area (Å²) < 4.78 is 6.66. The highest BCUT2D eigenvalue weighted by molar-refractivity contribution is 7.18. The van der Waals surface area contributed by atoms with Crippen LogP contribution >= 0.6 is 11.3 Å². The molecule has 0 spiro atoms. The molecule has 0 atom stereocenters. The van der Waals surface area contributed by atoms with Crippen molar-refractivity contribution in [2.45, 2.75) is 52.6 Å². The molecule has 0 aliphatic heterocycles. The fourth-order valence-corrected chi connectivity index (χ4v) is 5.58. The quantitative estimate of drug-likeness (QED) is 0.521. The third-order valence-corrected chi connectivity index (χ3v) is 7.29. The summed E-state index contributed by atoms with van der Waals surface area (Å²) in [5.74, 6) is 0.404. The van der Waals surface area contributed by atoms with Crippen LogP contribution in [0.4, 0.5) is 0 Å². The molecular weight excluding hydrogens is 410 g/mol. The lowest BCUT2D eigenvalue weighted by Gasteiger charge is -2.21. The molecule has 6 nitrogen and oxygen atoms in total. The number of benzene rings is 1. The number of ether oxygens (including phenoxy) is 1. The van der Waals surface area contributed by atoms with Gasteiger partial charge in [-0.05, 0) is 62.0 Å². The minimum atomic E-state index is -0.377. The number of thiophene rings is 1. The molecule has 0 unspecified atom stereocenters. The van der Waals surface area contributed by atoms with Gasteiger partial charge >= 0.3 is 5.97 Å². The molecule has 0 amide bonds. The number of aromatic nitrogens is 2. The van der Waals surface area contributed by atoms with E-state index in [0.29, 0.717) is 18.7 Å². The lowest BCUT2D eigenvalue weighted by atomic mass is 9.97. The zero-order valence-electron chi connectivity index (χ0n) is 18.4. The number of rotatable bonds is 7. The number of esters is 1. The predicted molar refractivity (Wildman–Crippen MR) is 124 cm³/mol. The lowest BCUT2D eigenvalue weighted by molar-refractivity contribution is 0.0600. The summed E-state index contributed by atoms with van der Waals surface area (Å²) in [5.41, 5.74) is 2.61. The van der Waals surface area contributed by atoms with Gasteiger partial charge in [0.15, 0.2) is 0 Å². The van der Waals surface area contributed by atoms with Crippen LogP contribution < -0.4 is 5.56 Å². The molecule has 3 aromatic rings. The molecule has 1 aliphatic rings. The summed E-state index contributed by atoms with van der Waals surface area (Å²) in [6.45, 7) is 7.03. The van der Waals surface area contributed by atoms with Gasteiger partial charge in [0.25, 0.3) is 5.56 Å². The minimum absolute atomic E-state index is 0.0371. The average molecular weight is 440 g/mol. The summed E-state index contributed by atoms with van der Waals surface area (Å²) in [6.07, 6.45) is 4.31. The molecule has 0 saturated heterocycles. The smallest absolute Gasteiger partial charge is 0.337 e. The van der Waals surface area contributed by atoms with Crippen molar-refractivity contribution in [3.63, 3.8) is 0 Å². The Morgan fingerprint density at radius 1 is 1.23 bits per heavy atom. The van der Waals surface area contributed by atoms with Crippen molar-refractivity contribution in [2.24, 2.45) is 0 Å². The Balaban J connectivity index is 1.84. The van der Waals surface area contributed by atoms with E-state index in [1.807, 2.05) is 12.1 Å². The Hall–Kier alpha value is -2.51. The fraction of sp³-hybridized carbons (Fsp3) is 0.458. The Morgan fingerprint density at radius 3 is 2.74 bits per heavy atom. The topological polar surface area (TPSA) is 64.4 Å². The van der Waals surface area contributed by atoms with Gasteiger partial charge in [-0.25, -0.2) is 9.78 Å². The van der Waals surface area contributed by atoms with E-state index in [4.69, 9.17) is 9.72 Å². The second-order valence-electron chi connectivity index (χ2n) is 7.96. The molecule has 4 rings (SSSR count). The number of carbonyl (C=O) groups excluding carboxylic acids is 1. The number of hydrogen-bond donors (Lipinski definition) is 0. The van der Waals surface area contributed by atoms with Gasteiger partial charge in [-0.2, -0.15) is 0 Å². The van der Waals surface area contributed by atoms with Gasteiger partial charge in [0.1, 0.15) is 10.7 Å². The molecule has 31 heavy (non-hydrogen) atoms. The maximum Gasteiger partial charge on any atom is 0.337 e. The van der Waals surface area contributed by atoms with Crippen LogP contribution in [0, 0.1) is 0 Å². The summed E-state index contributed by atoms with van der Waals surface area (Å²) in [4.78, 5) is 35.2. The van der Waals surface area contributed by atoms with E-state index < -0.39 is 0 Å². The second-order valence-corrected chi connectivity index (χ2v) is 9.05. The van der Waals surface area contributed by atoms with E-state index in [1.54, 1.807) is 28.0 Å². The molecular formula is C24H29N3O3S. The monoisotopic (exact) mass is 439 g/mol. The van der Waals surface area contributed by atoms with Crippen molar-refractivity contribution in [3.8, 4) is 0 Å². The van der Waals surface area contributed by atoms with Crippen molar-refractivity contribution in [1.82, 2.24) is 14.5 Å². The summed E-state index contributed by atoms with van der Waals surface area (Å²) in [6, 6.07) is 7.29. The number of nitrogens with zero attached hydrogens (tertiary/aromatic N) is 3. The number of carbonyl (C=O) groups is 1. The van der Waals surface area contributed by atoms with Crippen LogP contribution in [0.25, 0.3) is 10.2 Å². The van der Waals surface area contributed by atoms with E-state index in [0.717, 1.165) is 54.0 Å². The lowest BCUT2D eigenvalue weighted by Crippen LogP contribution is -2.31. The molecule has 0 fully saturated rings. The first kappa shape index (κ1) is 21.7. The predicted octanol–water partition coefficient (Wildman–Crippen LogP) is 4.01. The average Bonchev–Trinajstić information content (AvgIpc) is 3.17. The van der Waals surface area contributed by atoms with Crippen LogP contribution in [0.2, 0.25) is 0 Å². The van der Waals surface area contributed by atoms with Gasteiger partial charge < -0.3 is 4.74 Å². The Bertz CT molecular complexity index is 1160. The highest BCUT2D eigenvalue weighted by Crippen LogP contribution is 2.34. The van der Waals surface area contributed by atoms with E-state index in [2.05, 4.69) is 18.7 Å². The first-order valence-corrected chi connectivity index (χ1v) is 11.8. The van der Waals surface area contributed by atoms with Crippen molar-refractivity contribution >= 4 is 27.5 Å². The zero-order chi connectivity index (χ0) is 22.0. The summed E-state index contributed by atoms with van der Waals surface area (Å²) >= 11 is 1.69. The summed E-state index contributed by atoms with van der Waals surface area (Å²) in [5, 5.41) is 0.798. The molecule has 1 aliphatic carbocycles.